The molecule has 0 aliphatic carbocycles. The number of amides is 1. The third-order valence-corrected chi connectivity index (χ3v) is 3.56. The minimum absolute atomic E-state index is 0.0332. The lowest BCUT2D eigenvalue weighted by Gasteiger charge is -2.33. The number of nitro benzene ring substituents is 1. The van der Waals surface area contributed by atoms with E-state index in [0.29, 0.717) is 18.0 Å². The second kappa shape index (κ2) is 5.48. The molecule has 0 spiro atoms. The molecule has 1 aliphatic rings. The number of hydrogen-bond acceptors (Lipinski definition) is 4. The highest BCUT2D eigenvalue weighted by Gasteiger charge is 2.31. The number of fused-ring (bicyclic) bond motifs is 1. The molecular weight excluding hydrogens is 284 g/mol. The van der Waals surface area contributed by atoms with Gasteiger partial charge in [-0.15, -0.1) is 0 Å². The lowest BCUT2D eigenvalue weighted by molar-refractivity contribution is -0.384. The molecule has 1 aliphatic heterocycles. The predicted octanol–water partition coefficient (Wildman–Crippen LogP) is 2.91. The number of anilines is 1. The normalized spacial score (nSPS) is 16.9. The molecule has 3 rings (SSSR count). The van der Waals surface area contributed by atoms with Crippen molar-refractivity contribution in [2.75, 3.05) is 4.90 Å². The molecule has 6 nitrogen and oxygen atoms in total. The van der Waals surface area contributed by atoms with Gasteiger partial charge < -0.3 is 9.64 Å². The van der Waals surface area contributed by atoms with Gasteiger partial charge in [0.05, 0.1) is 17.2 Å². The lowest BCUT2D eigenvalue weighted by atomic mass is 10.1. The van der Waals surface area contributed by atoms with Crippen molar-refractivity contribution in [2.45, 2.75) is 19.6 Å². The van der Waals surface area contributed by atoms with Crippen LogP contribution < -0.4 is 9.64 Å². The summed E-state index contributed by atoms with van der Waals surface area (Å²) in [5.41, 5.74) is 1.57. The van der Waals surface area contributed by atoms with E-state index in [-0.39, 0.29) is 11.6 Å². The van der Waals surface area contributed by atoms with E-state index in [9.17, 15) is 14.9 Å². The number of non-ortho nitro benzene ring substituents is 1. The van der Waals surface area contributed by atoms with E-state index in [2.05, 4.69) is 0 Å². The third-order valence-electron chi connectivity index (χ3n) is 3.56. The zero-order valence-electron chi connectivity index (χ0n) is 11.9. The van der Waals surface area contributed by atoms with Crippen LogP contribution in [0.5, 0.6) is 5.75 Å². The Morgan fingerprint density at radius 1 is 1.18 bits per heavy atom. The fraction of sp³-hybridized carbons (Fsp3) is 0.188. The molecule has 2 aromatic rings. The number of benzene rings is 2. The van der Waals surface area contributed by atoms with Gasteiger partial charge in [0, 0.05) is 12.1 Å². The number of hydrogen-bond donors (Lipinski definition) is 0. The molecule has 1 heterocycles. The van der Waals surface area contributed by atoms with Crippen molar-refractivity contribution in [3.63, 3.8) is 0 Å². The average Bonchev–Trinajstić information content (AvgIpc) is 2.52. The van der Waals surface area contributed by atoms with E-state index in [0.717, 1.165) is 5.56 Å². The highest BCUT2D eigenvalue weighted by Crippen LogP contribution is 2.34. The molecule has 2 aromatic carbocycles. The first-order chi connectivity index (χ1) is 10.6. The first-order valence-electron chi connectivity index (χ1n) is 6.86. The van der Waals surface area contributed by atoms with Crippen molar-refractivity contribution in [3.05, 3.63) is 64.2 Å². The molecule has 0 saturated heterocycles. The summed E-state index contributed by atoms with van der Waals surface area (Å²) in [5.74, 6) is 0.536. The zero-order valence-corrected chi connectivity index (χ0v) is 11.9. The standard InChI is InChI=1S/C16H14N2O4/c1-11-16(19)17(14-4-2-3-5-15(14)22-11)10-12-6-8-13(9-7-12)18(20)21/h2-9,11H,10H2,1H3. The largest absolute Gasteiger partial charge is 0.479 e. The van der Waals surface area contributed by atoms with E-state index < -0.39 is 11.0 Å². The summed E-state index contributed by atoms with van der Waals surface area (Å²) in [5, 5.41) is 10.7. The van der Waals surface area contributed by atoms with Gasteiger partial charge in [0.1, 0.15) is 5.75 Å². The number of nitro groups is 1. The van der Waals surface area contributed by atoms with Gasteiger partial charge in [-0.05, 0) is 24.6 Å². The van der Waals surface area contributed by atoms with Crippen molar-refractivity contribution >= 4 is 17.3 Å². The third kappa shape index (κ3) is 2.50. The fourth-order valence-electron chi connectivity index (χ4n) is 2.43. The highest BCUT2D eigenvalue weighted by atomic mass is 16.6. The number of carbonyl (C=O) groups is 1. The average molecular weight is 298 g/mol. The molecule has 1 amide bonds. The lowest BCUT2D eigenvalue weighted by Crippen LogP contribution is -2.43. The molecule has 0 saturated carbocycles. The van der Waals surface area contributed by atoms with Crippen LogP contribution in [0.3, 0.4) is 0 Å². The van der Waals surface area contributed by atoms with Crippen molar-refractivity contribution < 1.29 is 14.5 Å². The molecule has 0 fully saturated rings. The number of rotatable bonds is 3. The Hall–Kier alpha value is -2.89. The van der Waals surface area contributed by atoms with E-state index in [1.54, 1.807) is 24.0 Å². The Labute approximate surface area is 127 Å². The number of carbonyl (C=O) groups excluding carboxylic acids is 1. The topological polar surface area (TPSA) is 72.7 Å². The highest BCUT2D eigenvalue weighted by molar-refractivity contribution is 5.99. The first-order valence-corrected chi connectivity index (χ1v) is 6.86. The van der Waals surface area contributed by atoms with Gasteiger partial charge in [-0.2, -0.15) is 0 Å². The molecule has 0 N–H and O–H groups in total. The number of ether oxygens (including phenoxy) is 1. The second-order valence-corrected chi connectivity index (χ2v) is 5.08. The van der Waals surface area contributed by atoms with Gasteiger partial charge in [0.15, 0.2) is 6.10 Å². The monoisotopic (exact) mass is 298 g/mol. The van der Waals surface area contributed by atoms with Gasteiger partial charge in [0.2, 0.25) is 0 Å². The van der Waals surface area contributed by atoms with Crippen LogP contribution in [-0.4, -0.2) is 16.9 Å². The maximum Gasteiger partial charge on any atom is 0.269 e. The van der Waals surface area contributed by atoms with Crippen molar-refractivity contribution in [1.82, 2.24) is 0 Å². The Bertz CT molecular complexity index is 727. The van der Waals surface area contributed by atoms with Crippen LogP contribution in [0, 0.1) is 10.1 Å². The number of para-hydroxylation sites is 2. The van der Waals surface area contributed by atoms with E-state index in [1.807, 2.05) is 24.3 Å². The Morgan fingerprint density at radius 3 is 2.55 bits per heavy atom. The molecular formula is C16H14N2O4. The number of nitrogens with zero attached hydrogens (tertiary/aromatic N) is 2. The zero-order chi connectivity index (χ0) is 15.7. The quantitative estimate of drug-likeness (QED) is 0.645. The molecule has 1 atom stereocenters. The maximum atomic E-state index is 12.4. The van der Waals surface area contributed by atoms with Gasteiger partial charge >= 0.3 is 0 Å². The molecule has 0 bridgehead atoms. The van der Waals surface area contributed by atoms with E-state index in [4.69, 9.17) is 4.74 Å². The van der Waals surface area contributed by atoms with Gasteiger partial charge in [-0.3, -0.25) is 14.9 Å². The molecule has 112 valence electrons. The maximum absolute atomic E-state index is 12.4. The molecule has 0 aromatic heterocycles. The molecule has 22 heavy (non-hydrogen) atoms. The van der Waals surface area contributed by atoms with Crippen molar-refractivity contribution in [3.8, 4) is 5.75 Å². The molecule has 6 heteroatoms. The van der Waals surface area contributed by atoms with Crippen LogP contribution >= 0.6 is 0 Å². The smallest absolute Gasteiger partial charge is 0.269 e. The van der Waals surface area contributed by atoms with Crippen LogP contribution in [0.25, 0.3) is 0 Å². The predicted molar refractivity (Wildman–Crippen MR) is 80.8 cm³/mol. The first kappa shape index (κ1) is 14.1. The second-order valence-electron chi connectivity index (χ2n) is 5.08. The SMILES string of the molecule is CC1Oc2ccccc2N(Cc2ccc([N+](=O)[O-])cc2)C1=O. The van der Waals surface area contributed by atoms with E-state index in [1.165, 1.54) is 12.1 Å². The summed E-state index contributed by atoms with van der Waals surface area (Å²) in [4.78, 5) is 24.2. The van der Waals surface area contributed by atoms with Crippen LogP contribution in [0.2, 0.25) is 0 Å². The Morgan fingerprint density at radius 2 is 1.86 bits per heavy atom. The van der Waals surface area contributed by atoms with Crippen LogP contribution in [0.1, 0.15) is 12.5 Å². The van der Waals surface area contributed by atoms with Crippen LogP contribution in [0.15, 0.2) is 48.5 Å². The van der Waals surface area contributed by atoms with Crippen molar-refractivity contribution in [2.24, 2.45) is 0 Å². The van der Waals surface area contributed by atoms with Crippen LogP contribution in [0.4, 0.5) is 11.4 Å². The van der Waals surface area contributed by atoms with Gasteiger partial charge in [-0.25, -0.2) is 0 Å². The summed E-state index contributed by atoms with van der Waals surface area (Å²) < 4.78 is 5.58. The Kier molecular flexibility index (Phi) is 3.50. The van der Waals surface area contributed by atoms with Crippen LogP contribution in [-0.2, 0) is 11.3 Å². The minimum atomic E-state index is -0.548. The van der Waals surface area contributed by atoms with Crippen molar-refractivity contribution in [1.29, 1.82) is 0 Å². The summed E-state index contributed by atoms with van der Waals surface area (Å²) in [6.07, 6.45) is -0.548. The summed E-state index contributed by atoms with van der Waals surface area (Å²) in [7, 11) is 0. The molecule has 0 radical (unpaired) electrons. The minimum Gasteiger partial charge on any atom is -0.479 e. The fourth-order valence-corrected chi connectivity index (χ4v) is 2.43. The van der Waals surface area contributed by atoms with Gasteiger partial charge in [0.25, 0.3) is 11.6 Å². The van der Waals surface area contributed by atoms with E-state index >= 15 is 0 Å². The summed E-state index contributed by atoms with van der Waals surface area (Å²) in [6, 6.07) is 13.5. The van der Waals surface area contributed by atoms with Gasteiger partial charge in [-0.1, -0.05) is 24.3 Å². The summed E-state index contributed by atoms with van der Waals surface area (Å²) >= 11 is 0. The Balaban J connectivity index is 1.90. The summed E-state index contributed by atoms with van der Waals surface area (Å²) in [6.45, 7) is 2.06. The molecule has 1 unspecified atom stereocenters.